The Morgan fingerprint density at radius 2 is 2.00 bits per heavy atom. The van der Waals surface area contributed by atoms with Crippen LogP contribution < -0.4 is 10.4 Å². The normalized spacial score (nSPS) is 12.9. The molecule has 72 valence electrons. The van der Waals surface area contributed by atoms with Gasteiger partial charge in [0.2, 0.25) is 0 Å². The molecule has 1 aromatic rings. The lowest BCUT2D eigenvalue weighted by Gasteiger charge is -1.92. The number of hydrogen-bond donors (Lipinski definition) is 0. The molecule has 0 aliphatic heterocycles. The van der Waals surface area contributed by atoms with Crippen molar-refractivity contribution in [2.24, 2.45) is 0 Å². The molecule has 0 unspecified atom stereocenters. The summed E-state index contributed by atoms with van der Waals surface area (Å²) in [6.45, 7) is 5.81. The van der Waals surface area contributed by atoms with Gasteiger partial charge in [-0.15, -0.1) is 0 Å². The summed E-state index contributed by atoms with van der Waals surface area (Å²) in [6, 6.07) is 8.04. The zero-order valence-electron chi connectivity index (χ0n) is 8.36. The molecule has 0 radical (unpaired) electrons. The average Bonchev–Trinajstić information content (AvgIpc) is 2.19. The van der Waals surface area contributed by atoms with Crippen LogP contribution in [0.5, 0.6) is 0 Å². The van der Waals surface area contributed by atoms with Crippen LogP contribution in [0.2, 0.25) is 0 Å². The van der Waals surface area contributed by atoms with Crippen LogP contribution in [-0.2, 0) is 4.79 Å². The van der Waals surface area contributed by atoms with Crippen LogP contribution in [-0.4, -0.2) is 6.29 Å². The van der Waals surface area contributed by atoms with Crippen molar-refractivity contribution >= 4 is 18.4 Å². The molecule has 0 heterocycles. The van der Waals surface area contributed by atoms with E-state index in [1.165, 1.54) is 5.22 Å². The average molecular weight is 186 g/mol. The van der Waals surface area contributed by atoms with Gasteiger partial charge in [0, 0.05) is 6.42 Å². The first-order chi connectivity index (χ1) is 6.77. The van der Waals surface area contributed by atoms with Crippen LogP contribution in [0.3, 0.4) is 0 Å². The van der Waals surface area contributed by atoms with Gasteiger partial charge in [0.05, 0.1) is 0 Å². The van der Waals surface area contributed by atoms with Gasteiger partial charge in [0.25, 0.3) is 0 Å². The van der Waals surface area contributed by atoms with Gasteiger partial charge < -0.3 is 4.79 Å². The van der Waals surface area contributed by atoms with Gasteiger partial charge in [0.1, 0.15) is 6.29 Å². The Morgan fingerprint density at radius 1 is 1.36 bits per heavy atom. The minimum atomic E-state index is 0.401. The predicted molar refractivity (Wildman–Crippen MR) is 60.1 cm³/mol. The van der Waals surface area contributed by atoms with Gasteiger partial charge >= 0.3 is 0 Å². The Balaban J connectivity index is 3.18. The number of carbonyl (C=O) groups excluding carboxylic acids is 1. The van der Waals surface area contributed by atoms with Crippen molar-refractivity contribution < 1.29 is 4.79 Å². The largest absolute Gasteiger partial charge is 0.303 e. The van der Waals surface area contributed by atoms with Gasteiger partial charge in [0.15, 0.2) is 0 Å². The first-order valence-corrected chi connectivity index (χ1v) is 4.62. The molecule has 14 heavy (non-hydrogen) atoms. The van der Waals surface area contributed by atoms with Crippen molar-refractivity contribution in [2.75, 3.05) is 0 Å². The van der Waals surface area contributed by atoms with Crippen molar-refractivity contribution in [3.63, 3.8) is 0 Å². The van der Waals surface area contributed by atoms with E-state index in [-0.39, 0.29) is 0 Å². The molecule has 1 aromatic carbocycles. The Kier molecular flexibility index (Phi) is 3.86. The van der Waals surface area contributed by atoms with E-state index in [9.17, 15) is 4.79 Å². The lowest BCUT2D eigenvalue weighted by molar-refractivity contribution is -0.107. The summed E-state index contributed by atoms with van der Waals surface area (Å²) in [5.41, 5.74) is 0.842. The minimum Gasteiger partial charge on any atom is -0.303 e. The lowest BCUT2D eigenvalue weighted by atomic mass is 10.1. The molecule has 0 atom stereocenters. The molecule has 0 amide bonds. The highest BCUT2D eigenvalue weighted by Crippen LogP contribution is 1.94. The van der Waals surface area contributed by atoms with Crippen molar-refractivity contribution in [3.8, 4) is 0 Å². The summed E-state index contributed by atoms with van der Waals surface area (Å²) >= 11 is 0. The Hall–Kier alpha value is -1.63. The van der Waals surface area contributed by atoms with E-state index in [4.69, 9.17) is 0 Å². The summed E-state index contributed by atoms with van der Waals surface area (Å²) in [5.74, 6) is 0. The van der Waals surface area contributed by atoms with E-state index in [1.54, 1.807) is 0 Å². The van der Waals surface area contributed by atoms with Gasteiger partial charge in [-0.2, -0.15) is 0 Å². The Bertz CT molecular complexity index is 441. The molecule has 0 aromatic heterocycles. The molecule has 0 saturated carbocycles. The SMILES string of the molecule is C=C(/C=c1/cccc/c1=C/C)CC=O. The molecule has 1 rings (SSSR count). The maximum absolute atomic E-state index is 10.3. The maximum atomic E-state index is 10.3. The van der Waals surface area contributed by atoms with E-state index < -0.39 is 0 Å². The topological polar surface area (TPSA) is 17.1 Å². The quantitative estimate of drug-likeness (QED) is 0.652. The predicted octanol–water partition coefficient (Wildman–Crippen LogP) is 1.41. The number of aldehydes is 1. The highest BCUT2D eigenvalue weighted by Gasteiger charge is 1.87. The van der Waals surface area contributed by atoms with Crippen molar-refractivity contribution in [2.45, 2.75) is 13.3 Å². The van der Waals surface area contributed by atoms with Crippen molar-refractivity contribution in [1.29, 1.82) is 0 Å². The summed E-state index contributed by atoms with van der Waals surface area (Å²) in [6.07, 6.45) is 5.26. The smallest absolute Gasteiger partial charge is 0.124 e. The lowest BCUT2D eigenvalue weighted by Crippen LogP contribution is -2.23. The van der Waals surface area contributed by atoms with E-state index in [2.05, 4.69) is 6.58 Å². The summed E-state index contributed by atoms with van der Waals surface area (Å²) < 4.78 is 0. The second-order valence-electron chi connectivity index (χ2n) is 3.09. The van der Waals surface area contributed by atoms with Crippen LogP contribution in [0.25, 0.3) is 12.2 Å². The molecular formula is C13H14O. The van der Waals surface area contributed by atoms with E-state index in [0.717, 1.165) is 17.1 Å². The molecule has 1 heteroatoms. The van der Waals surface area contributed by atoms with Gasteiger partial charge in [-0.25, -0.2) is 0 Å². The number of carbonyl (C=O) groups is 1. The van der Waals surface area contributed by atoms with Gasteiger partial charge in [-0.05, 0) is 22.9 Å². The van der Waals surface area contributed by atoms with Crippen LogP contribution >= 0.6 is 0 Å². The molecule has 1 nitrogen and oxygen atoms in total. The highest BCUT2D eigenvalue weighted by atomic mass is 16.1. The van der Waals surface area contributed by atoms with Crippen molar-refractivity contribution in [1.82, 2.24) is 0 Å². The molecule has 0 aliphatic carbocycles. The minimum absolute atomic E-state index is 0.401. The third-order valence-corrected chi connectivity index (χ3v) is 2.01. The van der Waals surface area contributed by atoms with Crippen LogP contribution in [0.4, 0.5) is 0 Å². The third kappa shape index (κ3) is 2.70. The second kappa shape index (κ2) is 5.18. The number of rotatable bonds is 3. The fourth-order valence-electron chi connectivity index (χ4n) is 1.29. The summed E-state index contributed by atoms with van der Waals surface area (Å²) in [4.78, 5) is 10.3. The number of allylic oxidation sites excluding steroid dienone is 1. The highest BCUT2D eigenvalue weighted by molar-refractivity contribution is 5.61. The summed E-state index contributed by atoms with van der Waals surface area (Å²) in [5, 5.41) is 2.28. The Morgan fingerprint density at radius 3 is 2.57 bits per heavy atom. The maximum Gasteiger partial charge on any atom is 0.124 e. The fraction of sp³-hybridized carbons (Fsp3) is 0.154. The molecule has 0 aliphatic rings. The van der Waals surface area contributed by atoms with Gasteiger partial charge in [-0.3, -0.25) is 0 Å². The van der Waals surface area contributed by atoms with Gasteiger partial charge in [-0.1, -0.05) is 43.0 Å². The number of hydrogen-bond acceptors (Lipinski definition) is 1. The molecule has 0 N–H and O–H groups in total. The first kappa shape index (κ1) is 10.5. The molecule has 0 saturated heterocycles. The third-order valence-electron chi connectivity index (χ3n) is 2.01. The van der Waals surface area contributed by atoms with Crippen LogP contribution in [0.15, 0.2) is 36.4 Å². The zero-order valence-corrected chi connectivity index (χ0v) is 8.36. The molecular weight excluding hydrogens is 172 g/mol. The molecule has 0 spiro atoms. The number of benzene rings is 1. The first-order valence-electron chi connectivity index (χ1n) is 4.62. The second-order valence-corrected chi connectivity index (χ2v) is 3.09. The monoisotopic (exact) mass is 186 g/mol. The van der Waals surface area contributed by atoms with E-state index in [0.29, 0.717) is 6.42 Å². The molecule has 0 bridgehead atoms. The van der Waals surface area contributed by atoms with Crippen LogP contribution in [0.1, 0.15) is 13.3 Å². The van der Waals surface area contributed by atoms with Crippen molar-refractivity contribution in [3.05, 3.63) is 46.9 Å². The summed E-state index contributed by atoms with van der Waals surface area (Å²) in [7, 11) is 0. The standard InChI is InChI=1S/C13H14O/c1-3-12-6-4-5-7-13(12)10-11(2)8-9-14/h3-7,9-10H,2,8H2,1H3/b12-3-,13-10-. The molecule has 0 fully saturated rings. The zero-order chi connectivity index (χ0) is 10.4. The Labute approximate surface area is 84.1 Å². The van der Waals surface area contributed by atoms with E-state index >= 15 is 0 Å². The van der Waals surface area contributed by atoms with E-state index in [1.807, 2.05) is 43.3 Å². The van der Waals surface area contributed by atoms with Crippen LogP contribution in [0, 0.1) is 0 Å². The fourth-order valence-corrected chi connectivity index (χ4v) is 1.29.